The molecular weight excluding hydrogens is 252 g/mol. The third-order valence-electron chi connectivity index (χ3n) is 2.89. The Balaban J connectivity index is 5.83. The molecule has 0 unspecified atom stereocenters. The second kappa shape index (κ2) is 6.51. The van der Waals surface area contributed by atoms with E-state index >= 15 is 0 Å². The fourth-order valence-electron chi connectivity index (χ4n) is 1.62. The summed E-state index contributed by atoms with van der Waals surface area (Å²) in [5.41, 5.74) is 3.63. The molecule has 0 aromatic heterocycles. The van der Waals surface area contributed by atoms with Crippen LogP contribution in [0.1, 0.15) is 19.8 Å². The first-order chi connectivity index (χ1) is 7.98. The summed E-state index contributed by atoms with van der Waals surface area (Å²) in [6.45, 7) is 19.4. The molecule has 102 valence electrons. The van der Waals surface area contributed by atoms with Crippen molar-refractivity contribution >= 4 is 21.9 Å². The second-order valence-corrected chi connectivity index (χ2v) is 17.2. The molecule has 0 aliphatic heterocycles. The zero-order valence-electron chi connectivity index (χ0n) is 13.1. The van der Waals surface area contributed by atoms with Gasteiger partial charge in [0, 0.05) is 6.42 Å². The number of allylic oxidation sites excluding steroid dienone is 2. The minimum absolute atomic E-state index is 0.244. The lowest BCUT2D eigenvalue weighted by atomic mass is 10.3. The summed E-state index contributed by atoms with van der Waals surface area (Å²) in [7, 11) is -2.84. The van der Waals surface area contributed by atoms with Crippen LogP contribution in [0.25, 0.3) is 0 Å². The number of Topliss-reactive ketones (excluding diaryl/α,β-unsaturated/α-hetero) is 1. The van der Waals surface area contributed by atoms with Crippen molar-refractivity contribution in [2.75, 3.05) is 0 Å². The van der Waals surface area contributed by atoms with Gasteiger partial charge in [0.1, 0.15) is 5.78 Å². The maximum absolute atomic E-state index is 11.4. The van der Waals surface area contributed by atoms with Gasteiger partial charge in [0.25, 0.3) is 0 Å². The SMILES string of the molecule is C=CCC(=C=C(CC(C)=O)[Si](C)(C)C)[Si](C)(C)C. The molecule has 0 rings (SSSR count). The number of carbonyl (C=O) groups is 1. The standard InChI is InChI=1S/C15H28OSi2/c1-9-10-14(17(3,4)5)12-15(11-13(2)16)18(6,7)8/h9H,1,10-11H2,2-8H3. The molecule has 0 amide bonds. The van der Waals surface area contributed by atoms with Gasteiger partial charge in [-0.1, -0.05) is 45.4 Å². The number of carbonyl (C=O) groups excluding carboxylic acids is 1. The van der Waals surface area contributed by atoms with Gasteiger partial charge in [-0.15, -0.1) is 12.3 Å². The molecule has 0 heterocycles. The molecule has 0 radical (unpaired) electrons. The van der Waals surface area contributed by atoms with Crippen LogP contribution in [0, 0.1) is 0 Å². The Labute approximate surface area is 115 Å². The fraction of sp³-hybridized carbons (Fsp3) is 0.600. The molecule has 0 aromatic rings. The van der Waals surface area contributed by atoms with E-state index in [0.717, 1.165) is 6.42 Å². The van der Waals surface area contributed by atoms with Crippen LogP contribution in [0.2, 0.25) is 39.3 Å². The van der Waals surface area contributed by atoms with Crippen LogP contribution in [-0.2, 0) is 4.79 Å². The molecule has 0 saturated heterocycles. The van der Waals surface area contributed by atoms with Crippen LogP contribution in [0.15, 0.2) is 28.8 Å². The Bertz CT molecular complexity index is 386. The van der Waals surface area contributed by atoms with E-state index in [2.05, 4.69) is 51.6 Å². The third kappa shape index (κ3) is 6.34. The molecular formula is C15H28OSi2. The maximum Gasteiger partial charge on any atom is 0.134 e. The quantitative estimate of drug-likeness (QED) is 0.390. The number of hydrogen-bond donors (Lipinski definition) is 0. The van der Waals surface area contributed by atoms with Crippen LogP contribution >= 0.6 is 0 Å². The largest absolute Gasteiger partial charge is 0.300 e. The number of hydrogen-bond acceptors (Lipinski definition) is 1. The average Bonchev–Trinajstić information content (AvgIpc) is 2.11. The minimum atomic E-state index is -1.47. The zero-order chi connectivity index (χ0) is 14.6. The number of ketones is 1. The highest BCUT2D eigenvalue weighted by atomic mass is 28.3. The van der Waals surface area contributed by atoms with E-state index in [4.69, 9.17) is 0 Å². The second-order valence-electron chi connectivity index (χ2n) is 6.95. The van der Waals surface area contributed by atoms with Crippen molar-refractivity contribution in [2.24, 2.45) is 0 Å². The zero-order valence-corrected chi connectivity index (χ0v) is 15.1. The van der Waals surface area contributed by atoms with Crippen LogP contribution in [0.5, 0.6) is 0 Å². The lowest BCUT2D eigenvalue weighted by Crippen LogP contribution is -2.27. The molecule has 18 heavy (non-hydrogen) atoms. The Hall–Kier alpha value is -0.636. The summed E-state index contributed by atoms with van der Waals surface area (Å²) < 4.78 is 0. The average molecular weight is 281 g/mol. The lowest BCUT2D eigenvalue weighted by Gasteiger charge is -2.22. The molecule has 3 heteroatoms. The topological polar surface area (TPSA) is 17.1 Å². The Morgan fingerprint density at radius 1 is 1.06 bits per heavy atom. The van der Waals surface area contributed by atoms with Crippen LogP contribution in [0.4, 0.5) is 0 Å². The van der Waals surface area contributed by atoms with E-state index < -0.39 is 16.1 Å². The van der Waals surface area contributed by atoms with Gasteiger partial charge in [-0.2, -0.15) is 0 Å². The molecule has 1 nitrogen and oxygen atoms in total. The van der Waals surface area contributed by atoms with Crippen molar-refractivity contribution in [3.05, 3.63) is 28.8 Å². The minimum Gasteiger partial charge on any atom is -0.300 e. The van der Waals surface area contributed by atoms with Crippen LogP contribution < -0.4 is 0 Å². The van der Waals surface area contributed by atoms with Gasteiger partial charge in [-0.05, 0) is 23.7 Å². The summed E-state index contributed by atoms with van der Waals surface area (Å²) >= 11 is 0. The van der Waals surface area contributed by atoms with Gasteiger partial charge in [0.05, 0.1) is 16.1 Å². The fourth-order valence-corrected chi connectivity index (χ4v) is 4.33. The van der Waals surface area contributed by atoms with E-state index in [0.29, 0.717) is 6.42 Å². The normalized spacial score (nSPS) is 11.7. The summed E-state index contributed by atoms with van der Waals surface area (Å²) in [6.07, 6.45) is 3.43. The number of rotatable bonds is 6. The van der Waals surface area contributed by atoms with Gasteiger partial charge in [-0.25, -0.2) is 0 Å². The Morgan fingerprint density at radius 3 is 1.78 bits per heavy atom. The van der Waals surface area contributed by atoms with Crippen LogP contribution in [-0.4, -0.2) is 21.9 Å². The first-order valence-corrected chi connectivity index (χ1v) is 13.6. The van der Waals surface area contributed by atoms with E-state index in [1.807, 2.05) is 6.08 Å². The Kier molecular flexibility index (Phi) is 6.28. The van der Waals surface area contributed by atoms with Crippen molar-refractivity contribution in [3.8, 4) is 0 Å². The van der Waals surface area contributed by atoms with E-state index in [9.17, 15) is 4.79 Å². The van der Waals surface area contributed by atoms with Crippen LogP contribution in [0.3, 0.4) is 0 Å². The summed E-state index contributed by atoms with van der Waals surface area (Å²) in [5, 5.41) is 2.64. The molecule has 0 aromatic carbocycles. The molecule has 0 fully saturated rings. The molecule has 0 aliphatic rings. The van der Waals surface area contributed by atoms with Gasteiger partial charge in [0.15, 0.2) is 0 Å². The highest BCUT2D eigenvalue weighted by Gasteiger charge is 2.23. The van der Waals surface area contributed by atoms with Crippen molar-refractivity contribution in [3.63, 3.8) is 0 Å². The van der Waals surface area contributed by atoms with Gasteiger partial charge < -0.3 is 0 Å². The lowest BCUT2D eigenvalue weighted by molar-refractivity contribution is -0.116. The highest BCUT2D eigenvalue weighted by molar-refractivity contribution is 6.84. The first-order valence-electron chi connectivity index (χ1n) is 6.58. The van der Waals surface area contributed by atoms with E-state index in [-0.39, 0.29) is 5.78 Å². The molecule has 0 atom stereocenters. The molecule has 0 saturated carbocycles. The first kappa shape index (κ1) is 17.4. The maximum atomic E-state index is 11.4. The Morgan fingerprint density at radius 2 is 1.50 bits per heavy atom. The van der Waals surface area contributed by atoms with Gasteiger partial charge >= 0.3 is 0 Å². The third-order valence-corrected chi connectivity index (χ3v) is 7.14. The van der Waals surface area contributed by atoms with Gasteiger partial charge in [-0.3, -0.25) is 4.79 Å². The van der Waals surface area contributed by atoms with E-state index in [1.165, 1.54) is 10.4 Å². The van der Waals surface area contributed by atoms with E-state index in [1.54, 1.807) is 6.92 Å². The van der Waals surface area contributed by atoms with Crippen molar-refractivity contribution in [1.29, 1.82) is 0 Å². The summed E-state index contributed by atoms with van der Waals surface area (Å²) in [6, 6.07) is 0. The summed E-state index contributed by atoms with van der Waals surface area (Å²) in [4.78, 5) is 11.4. The highest BCUT2D eigenvalue weighted by Crippen LogP contribution is 2.23. The van der Waals surface area contributed by atoms with Crippen molar-refractivity contribution in [2.45, 2.75) is 59.0 Å². The smallest absolute Gasteiger partial charge is 0.134 e. The molecule has 0 spiro atoms. The predicted octanol–water partition coefficient (Wildman–Crippen LogP) is 4.75. The monoisotopic (exact) mass is 280 g/mol. The predicted molar refractivity (Wildman–Crippen MR) is 87.3 cm³/mol. The van der Waals surface area contributed by atoms with Gasteiger partial charge in [0.2, 0.25) is 0 Å². The molecule has 0 bridgehead atoms. The molecule has 0 aliphatic carbocycles. The van der Waals surface area contributed by atoms with Crippen molar-refractivity contribution < 1.29 is 4.79 Å². The summed E-state index contributed by atoms with van der Waals surface area (Å²) in [5.74, 6) is 0.244. The molecule has 0 N–H and O–H groups in total. The van der Waals surface area contributed by atoms with Crippen molar-refractivity contribution in [1.82, 2.24) is 0 Å².